The average Bonchev–Trinajstić information content (AvgIpc) is 3.49. The van der Waals surface area contributed by atoms with Crippen LogP contribution in [0.15, 0.2) is 47.5 Å². The highest BCUT2D eigenvalue weighted by Gasteiger charge is 2.29. The number of pyridine rings is 2. The number of hydrogen-bond donors (Lipinski definition) is 2. The van der Waals surface area contributed by atoms with Crippen LogP contribution in [-0.2, 0) is 0 Å². The number of aromatic amines is 1. The molecule has 1 saturated carbocycles. The van der Waals surface area contributed by atoms with Gasteiger partial charge in [0.15, 0.2) is 0 Å². The summed E-state index contributed by atoms with van der Waals surface area (Å²) >= 11 is 0. The van der Waals surface area contributed by atoms with Crippen LogP contribution < -0.4 is 10.9 Å². The molecule has 3 aromatic rings. The second kappa shape index (κ2) is 8.22. The fraction of sp³-hybridized carbons (Fsp3) is 0.320. The zero-order valence-corrected chi connectivity index (χ0v) is 18.0. The summed E-state index contributed by atoms with van der Waals surface area (Å²) < 4.78 is 14.6. The average molecular weight is 432 g/mol. The van der Waals surface area contributed by atoms with E-state index in [1.165, 1.54) is 6.07 Å². The van der Waals surface area contributed by atoms with Gasteiger partial charge in [-0.3, -0.25) is 14.6 Å². The van der Waals surface area contributed by atoms with E-state index in [0.29, 0.717) is 16.9 Å². The number of carbonyl (C=O) groups is 1. The smallest absolute Gasteiger partial charge is 0.257 e. The standard InChI is InChI=1S/C25H25FN4O2/c1-15-4-7-20(26)17(12-15)18-13-22(23(16-5-6-16)29-24(18)31)28-21-8-9-27-14-19(21)25(32)30-10-2-3-11-30/h4,7-9,12-14,16H,2-3,5-6,10-11H2,1H3,(H,27,28)(H,29,31). The van der Waals surface area contributed by atoms with Crippen molar-refractivity contribution >= 4 is 17.3 Å². The van der Waals surface area contributed by atoms with Crippen LogP contribution in [0.5, 0.6) is 0 Å². The molecule has 32 heavy (non-hydrogen) atoms. The van der Waals surface area contributed by atoms with Gasteiger partial charge < -0.3 is 15.2 Å². The number of nitrogens with one attached hydrogen (secondary N) is 2. The molecule has 1 aromatic carbocycles. The largest absolute Gasteiger partial charge is 0.353 e. The second-order valence-electron chi connectivity index (χ2n) is 8.64. The van der Waals surface area contributed by atoms with Crippen LogP contribution in [0.25, 0.3) is 11.1 Å². The highest BCUT2D eigenvalue weighted by Crippen LogP contribution is 2.43. The van der Waals surface area contributed by atoms with Crippen molar-refractivity contribution in [2.24, 2.45) is 0 Å². The van der Waals surface area contributed by atoms with Gasteiger partial charge in [0.25, 0.3) is 11.5 Å². The Hall–Kier alpha value is -3.48. The first-order valence-corrected chi connectivity index (χ1v) is 11.1. The van der Waals surface area contributed by atoms with Gasteiger partial charge in [-0.2, -0.15) is 0 Å². The molecular formula is C25H25FN4O2. The molecule has 1 saturated heterocycles. The predicted molar refractivity (Wildman–Crippen MR) is 122 cm³/mol. The fourth-order valence-corrected chi connectivity index (χ4v) is 4.30. The number of amides is 1. The first-order valence-electron chi connectivity index (χ1n) is 11.1. The summed E-state index contributed by atoms with van der Waals surface area (Å²) in [4.78, 5) is 34.9. The van der Waals surface area contributed by atoms with Crippen LogP contribution in [0.2, 0.25) is 0 Å². The number of hydrogen-bond acceptors (Lipinski definition) is 4. The molecule has 6 nitrogen and oxygen atoms in total. The number of aryl methyl sites for hydroxylation is 1. The maximum absolute atomic E-state index is 14.6. The Morgan fingerprint density at radius 3 is 2.66 bits per heavy atom. The molecule has 0 atom stereocenters. The Bertz CT molecular complexity index is 1240. The first kappa shape index (κ1) is 20.4. The molecule has 5 rings (SSSR count). The lowest BCUT2D eigenvalue weighted by Gasteiger charge is -2.19. The number of nitrogens with zero attached hydrogens (tertiary/aromatic N) is 2. The molecular weight excluding hydrogens is 407 g/mol. The second-order valence-corrected chi connectivity index (χ2v) is 8.64. The molecule has 0 spiro atoms. The highest BCUT2D eigenvalue weighted by atomic mass is 19.1. The van der Waals surface area contributed by atoms with Crippen LogP contribution in [0.3, 0.4) is 0 Å². The van der Waals surface area contributed by atoms with Crippen molar-refractivity contribution in [2.75, 3.05) is 18.4 Å². The minimum absolute atomic E-state index is 0.0551. The fourth-order valence-electron chi connectivity index (χ4n) is 4.30. The number of likely N-dealkylation sites (tertiary alicyclic amines) is 1. The van der Waals surface area contributed by atoms with Crippen molar-refractivity contribution in [2.45, 2.75) is 38.5 Å². The van der Waals surface area contributed by atoms with Crippen LogP contribution in [0, 0.1) is 12.7 Å². The van der Waals surface area contributed by atoms with Gasteiger partial charge in [-0.15, -0.1) is 0 Å². The van der Waals surface area contributed by atoms with E-state index in [0.717, 1.165) is 50.0 Å². The lowest BCUT2D eigenvalue weighted by atomic mass is 10.0. The number of halogens is 1. The number of benzene rings is 1. The molecule has 7 heteroatoms. The third kappa shape index (κ3) is 3.90. The number of carbonyl (C=O) groups excluding carboxylic acids is 1. The summed E-state index contributed by atoms with van der Waals surface area (Å²) in [6, 6.07) is 8.20. The molecule has 2 aromatic heterocycles. The predicted octanol–water partition coefficient (Wildman–Crippen LogP) is 4.74. The minimum Gasteiger partial charge on any atom is -0.353 e. The van der Waals surface area contributed by atoms with E-state index in [9.17, 15) is 14.0 Å². The molecule has 1 amide bonds. The van der Waals surface area contributed by atoms with Crippen molar-refractivity contribution in [1.29, 1.82) is 0 Å². The Morgan fingerprint density at radius 2 is 1.91 bits per heavy atom. The SMILES string of the molecule is Cc1ccc(F)c(-c2cc(Nc3ccncc3C(=O)N3CCCC3)c(C3CC3)[nH]c2=O)c1. The third-order valence-electron chi connectivity index (χ3n) is 6.18. The first-order chi connectivity index (χ1) is 15.5. The molecule has 1 aliphatic heterocycles. The van der Waals surface area contributed by atoms with Gasteiger partial charge in [0.2, 0.25) is 0 Å². The van der Waals surface area contributed by atoms with Crippen LogP contribution >= 0.6 is 0 Å². The molecule has 0 bridgehead atoms. The van der Waals surface area contributed by atoms with Crippen LogP contribution in [-0.4, -0.2) is 33.9 Å². The van der Waals surface area contributed by atoms with Gasteiger partial charge >= 0.3 is 0 Å². The molecule has 2 fully saturated rings. The van der Waals surface area contributed by atoms with Crippen molar-refractivity contribution in [3.8, 4) is 11.1 Å². The number of anilines is 2. The molecule has 2 aliphatic rings. The summed E-state index contributed by atoms with van der Waals surface area (Å²) in [5.41, 5.74) is 3.68. The summed E-state index contributed by atoms with van der Waals surface area (Å²) in [6.07, 6.45) is 7.19. The Balaban J connectivity index is 1.58. The van der Waals surface area contributed by atoms with Gasteiger partial charge in [0, 0.05) is 42.7 Å². The molecule has 1 aliphatic carbocycles. The molecule has 0 unspecified atom stereocenters. The zero-order chi connectivity index (χ0) is 22.2. The zero-order valence-electron chi connectivity index (χ0n) is 18.0. The monoisotopic (exact) mass is 432 g/mol. The molecule has 3 heterocycles. The van der Waals surface area contributed by atoms with E-state index in [1.807, 2.05) is 11.8 Å². The van der Waals surface area contributed by atoms with E-state index in [2.05, 4.69) is 15.3 Å². The van der Waals surface area contributed by atoms with Crippen molar-refractivity contribution < 1.29 is 9.18 Å². The lowest BCUT2D eigenvalue weighted by Crippen LogP contribution is -2.28. The van der Waals surface area contributed by atoms with E-state index >= 15 is 0 Å². The van der Waals surface area contributed by atoms with Gasteiger partial charge in [0.1, 0.15) is 5.82 Å². The van der Waals surface area contributed by atoms with Crippen molar-refractivity contribution in [1.82, 2.24) is 14.9 Å². The maximum atomic E-state index is 14.6. The van der Waals surface area contributed by atoms with Gasteiger partial charge in [0.05, 0.1) is 22.5 Å². The van der Waals surface area contributed by atoms with Crippen LogP contribution in [0.1, 0.15) is 53.2 Å². The number of aromatic nitrogens is 2. The Kier molecular flexibility index (Phi) is 5.25. The lowest BCUT2D eigenvalue weighted by molar-refractivity contribution is 0.0793. The van der Waals surface area contributed by atoms with Gasteiger partial charge in [-0.05, 0) is 56.9 Å². The molecule has 164 valence electrons. The van der Waals surface area contributed by atoms with Crippen LogP contribution in [0.4, 0.5) is 15.8 Å². The van der Waals surface area contributed by atoms with Crippen molar-refractivity contribution in [3.63, 3.8) is 0 Å². The van der Waals surface area contributed by atoms with E-state index in [4.69, 9.17) is 0 Å². The van der Waals surface area contributed by atoms with E-state index in [1.54, 1.807) is 36.7 Å². The normalized spacial score (nSPS) is 15.8. The topological polar surface area (TPSA) is 78.1 Å². The quantitative estimate of drug-likeness (QED) is 0.610. The summed E-state index contributed by atoms with van der Waals surface area (Å²) in [7, 11) is 0. The van der Waals surface area contributed by atoms with Gasteiger partial charge in [-0.25, -0.2) is 4.39 Å². The minimum atomic E-state index is -0.444. The van der Waals surface area contributed by atoms with Crippen molar-refractivity contribution in [3.05, 3.63) is 75.7 Å². The maximum Gasteiger partial charge on any atom is 0.257 e. The van der Waals surface area contributed by atoms with Gasteiger partial charge in [-0.1, -0.05) is 11.6 Å². The Labute approximate surface area is 185 Å². The summed E-state index contributed by atoms with van der Waals surface area (Å²) in [5.74, 6) is -0.248. The summed E-state index contributed by atoms with van der Waals surface area (Å²) in [6.45, 7) is 3.36. The van der Waals surface area contributed by atoms with E-state index in [-0.39, 0.29) is 28.5 Å². The molecule has 2 N–H and O–H groups in total. The Morgan fingerprint density at radius 1 is 1.12 bits per heavy atom. The number of H-pyrrole nitrogens is 1. The summed E-state index contributed by atoms with van der Waals surface area (Å²) in [5, 5.41) is 3.36. The van der Waals surface area contributed by atoms with E-state index < -0.39 is 5.82 Å². The molecule has 0 radical (unpaired) electrons. The number of rotatable bonds is 5. The third-order valence-corrected chi connectivity index (χ3v) is 6.18. The highest BCUT2D eigenvalue weighted by molar-refractivity contribution is 6.00.